The van der Waals surface area contributed by atoms with E-state index in [0.717, 1.165) is 35.9 Å². The largest absolute Gasteiger partial charge is 0.476 e. The van der Waals surface area contributed by atoms with Gasteiger partial charge in [-0.05, 0) is 65.7 Å². The molecule has 0 radical (unpaired) electrons. The number of benzene rings is 2. The van der Waals surface area contributed by atoms with Gasteiger partial charge in [-0.1, -0.05) is 76.3 Å². The summed E-state index contributed by atoms with van der Waals surface area (Å²) in [4.78, 5) is 17.7. The number of hydrogen-bond acceptors (Lipinski definition) is 6. The lowest BCUT2D eigenvalue weighted by Gasteiger charge is -2.31. The van der Waals surface area contributed by atoms with Crippen LogP contribution in [0, 0.1) is 0 Å². The summed E-state index contributed by atoms with van der Waals surface area (Å²) >= 11 is 0. The molecule has 2 unspecified atom stereocenters. The third-order valence-electron chi connectivity index (χ3n) is 6.57. The van der Waals surface area contributed by atoms with Crippen LogP contribution in [0.2, 0.25) is 0 Å². The molecule has 0 saturated heterocycles. The second kappa shape index (κ2) is 13.3. The molecule has 0 aliphatic heterocycles. The number of hydrogen-bond donors (Lipinski definition) is 1. The van der Waals surface area contributed by atoms with Crippen LogP contribution in [0.25, 0.3) is 11.1 Å². The number of aromatic nitrogens is 1. The van der Waals surface area contributed by atoms with Crippen molar-refractivity contribution in [2.24, 2.45) is 0 Å². The zero-order valence-corrected chi connectivity index (χ0v) is 24.3. The van der Waals surface area contributed by atoms with Gasteiger partial charge in [0.2, 0.25) is 5.89 Å². The maximum absolute atomic E-state index is 12.9. The van der Waals surface area contributed by atoms with Gasteiger partial charge in [-0.25, -0.2) is 9.78 Å². The van der Waals surface area contributed by atoms with Gasteiger partial charge >= 0.3 is 5.97 Å². The van der Waals surface area contributed by atoms with Crippen LogP contribution in [0.5, 0.6) is 5.75 Å². The van der Waals surface area contributed by atoms with Crippen LogP contribution in [0.4, 0.5) is 0 Å². The average molecular weight is 523 g/mol. The summed E-state index contributed by atoms with van der Waals surface area (Å²) in [7, 11) is 0. The second-order valence-electron chi connectivity index (χ2n) is 11.6. The number of carbonyl (C=O) groups is 1. The van der Waals surface area contributed by atoms with Gasteiger partial charge in [0.15, 0.2) is 11.2 Å². The summed E-state index contributed by atoms with van der Waals surface area (Å²) in [5.74, 6) is 0.992. The molecule has 0 bridgehead atoms. The fourth-order valence-corrected chi connectivity index (χ4v) is 4.52. The molecule has 3 aromatic rings. The molecular weight excluding hydrogens is 476 g/mol. The Labute approximate surface area is 228 Å². The minimum atomic E-state index is -1.14. The number of carbonyl (C=O) groups excluding carboxylic acids is 1. The van der Waals surface area contributed by atoms with Gasteiger partial charge in [0.1, 0.15) is 16.9 Å². The molecule has 2 atom stereocenters. The molecule has 1 heterocycles. The van der Waals surface area contributed by atoms with E-state index in [9.17, 15) is 4.79 Å². The monoisotopic (exact) mass is 522 g/mol. The first-order chi connectivity index (χ1) is 18.0. The van der Waals surface area contributed by atoms with Gasteiger partial charge in [0, 0.05) is 11.6 Å². The number of esters is 1. The van der Waals surface area contributed by atoms with Crippen molar-refractivity contribution in [1.29, 1.82) is 0 Å². The number of oxazole rings is 1. The van der Waals surface area contributed by atoms with E-state index in [1.165, 1.54) is 25.7 Å². The lowest BCUT2D eigenvalue weighted by atomic mass is 9.99. The van der Waals surface area contributed by atoms with E-state index in [4.69, 9.17) is 18.9 Å². The van der Waals surface area contributed by atoms with E-state index in [0.29, 0.717) is 11.6 Å². The Hall–Kier alpha value is -2.86. The van der Waals surface area contributed by atoms with Crippen LogP contribution < -0.4 is 10.1 Å². The predicted octanol–water partition coefficient (Wildman–Crippen LogP) is 8.47. The molecule has 0 aliphatic rings. The molecule has 2 aromatic carbocycles. The third kappa shape index (κ3) is 8.32. The summed E-state index contributed by atoms with van der Waals surface area (Å²) in [5, 5.41) is 3.83. The molecule has 0 aliphatic carbocycles. The van der Waals surface area contributed by atoms with Gasteiger partial charge in [0.25, 0.3) is 0 Å². The van der Waals surface area contributed by atoms with E-state index >= 15 is 0 Å². The van der Waals surface area contributed by atoms with Crippen LogP contribution in [-0.2, 0) is 9.53 Å². The summed E-state index contributed by atoms with van der Waals surface area (Å²) in [5.41, 5.74) is 0.945. The summed E-state index contributed by atoms with van der Waals surface area (Å²) in [6, 6.07) is 15.8. The van der Waals surface area contributed by atoms with Crippen molar-refractivity contribution < 1.29 is 18.7 Å². The van der Waals surface area contributed by atoms with E-state index in [2.05, 4.69) is 25.2 Å². The highest BCUT2D eigenvalue weighted by Crippen LogP contribution is 2.34. The number of para-hydroxylation sites is 3. The highest BCUT2D eigenvalue weighted by atomic mass is 16.6. The first-order valence-electron chi connectivity index (χ1n) is 14.2. The van der Waals surface area contributed by atoms with E-state index in [1.807, 2.05) is 63.2 Å². The zero-order valence-electron chi connectivity index (χ0n) is 24.3. The van der Waals surface area contributed by atoms with Crippen molar-refractivity contribution in [3.8, 4) is 5.75 Å². The molecule has 0 amide bonds. The summed E-state index contributed by atoms with van der Waals surface area (Å²) in [6.07, 6.45) is 7.77. The summed E-state index contributed by atoms with van der Waals surface area (Å²) < 4.78 is 18.2. The Morgan fingerprint density at radius 3 is 2.29 bits per heavy atom. The Morgan fingerprint density at radius 1 is 0.921 bits per heavy atom. The quantitative estimate of drug-likeness (QED) is 0.169. The Morgan fingerprint density at radius 2 is 1.61 bits per heavy atom. The molecular formula is C32H46N2O4. The number of nitrogens with one attached hydrogen (secondary N) is 1. The lowest BCUT2D eigenvalue weighted by Crippen LogP contribution is -2.43. The van der Waals surface area contributed by atoms with Crippen LogP contribution in [0.1, 0.15) is 117 Å². The molecule has 1 aromatic heterocycles. The minimum Gasteiger partial charge on any atom is -0.476 e. The van der Waals surface area contributed by atoms with Crippen molar-refractivity contribution in [3.63, 3.8) is 0 Å². The fraction of sp³-hybridized carbons (Fsp3) is 0.562. The Balaban J connectivity index is 1.85. The molecule has 6 nitrogen and oxygen atoms in total. The van der Waals surface area contributed by atoms with Crippen LogP contribution in [-0.4, -0.2) is 22.2 Å². The molecule has 0 fully saturated rings. The molecule has 208 valence electrons. The number of rotatable bonds is 14. The Bertz CT molecular complexity index is 1130. The van der Waals surface area contributed by atoms with Crippen molar-refractivity contribution in [3.05, 3.63) is 60.0 Å². The van der Waals surface area contributed by atoms with Crippen molar-refractivity contribution >= 4 is 17.1 Å². The first-order valence-corrected chi connectivity index (χ1v) is 14.2. The molecule has 1 N–H and O–H groups in total. The van der Waals surface area contributed by atoms with Crippen molar-refractivity contribution in [1.82, 2.24) is 10.3 Å². The highest BCUT2D eigenvalue weighted by molar-refractivity contribution is 5.79. The maximum Gasteiger partial charge on any atom is 0.350 e. The van der Waals surface area contributed by atoms with Crippen molar-refractivity contribution in [2.45, 2.75) is 117 Å². The average Bonchev–Trinajstić information content (AvgIpc) is 3.29. The minimum absolute atomic E-state index is 0.0173. The highest BCUT2D eigenvalue weighted by Gasteiger charge is 2.36. The molecule has 0 saturated carbocycles. The molecule has 6 heteroatoms. The van der Waals surface area contributed by atoms with E-state index in [1.54, 1.807) is 13.8 Å². The lowest BCUT2D eigenvalue weighted by molar-refractivity contribution is -0.171. The topological polar surface area (TPSA) is 73.6 Å². The van der Waals surface area contributed by atoms with Gasteiger partial charge in [-0.2, -0.15) is 0 Å². The fourth-order valence-electron chi connectivity index (χ4n) is 4.52. The van der Waals surface area contributed by atoms with E-state index in [-0.39, 0.29) is 12.1 Å². The van der Waals surface area contributed by atoms with Crippen LogP contribution in [0.3, 0.4) is 0 Å². The third-order valence-corrected chi connectivity index (χ3v) is 6.57. The van der Waals surface area contributed by atoms with Crippen molar-refractivity contribution in [2.75, 3.05) is 0 Å². The normalized spacial score (nSPS) is 13.9. The first kappa shape index (κ1) is 29.7. The summed E-state index contributed by atoms with van der Waals surface area (Å²) in [6.45, 7) is 13.5. The van der Waals surface area contributed by atoms with Gasteiger partial charge < -0.3 is 13.9 Å². The van der Waals surface area contributed by atoms with Crippen LogP contribution in [0.15, 0.2) is 52.9 Å². The second-order valence-corrected chi connectivity index (χ2v) is 11.6. The van der Waals surface area contributed by atoms with Crippen LogP contribution >= 0.6 is 0 Å². The molecule has 0 spiro atoms. The number of unbranched alkanes of at least 4 members (excludes halogenated alkanes) is 4. The van der Waals surface area contributed by atoms with Gasteiger partial charge in [-0.3, -0.25) is 5.32 Å². The maximum atomic E-state index is 12.9. The van der Waals surface area contributed by atoms with E-state index < -0.39 is 17.2 Å². The Kier molecular flexibility index (Phi) is 10.4. The van der Waals surface area contributed by atoms with Gasteiger partial charge in [0.05, 0.1) is 6.04 Å². The smallest absolute Gasteiger partial charge is 0.350 e. The zero-order chi connectivity index (χ0) is 27.8. The van der Waals surface area contributed by atoms with Gasteiger partial charge in [-0.15, -0.1) is 0 Å². The predicted molar refractivity (Wildman–Crippen MR) is 153 cm³/mol. The SMILES string of the molecule is CCCCCCCC(NC(CC)c1ccccc1OC(C)(C)C(=O)OC(C)(C)C)c1nc2ccccc2o1. The number of nitrogens with zero attached hydrogens (tertiary/aromatic N) is 1. The number of fused-ring (bicyclic) bond motifs is 1. The number of ether oxygens (including phenoxy) is 2. The standard InChI is InChI=1S/C32H46N2O4/c1-8-10-11-12-13-20-26(29-34-25-19-15-17-22-28(25)36-29)33-24(9-2)23-18-14-16-21-27(23)37-32(6,7)30(35)38-31(3,4)5/h14-19,21-22,24,26,33H,8-13,20H2,1-7H3. The molecule has 38 heavy (non-hydrogen) atoms. The molecule has 3 rings (SSSR count).